The Bertz CT molecular complexity index is 322. The molecule has 0 unspecified atom stereocenters. The van der Waals surface area contributed by atoms with E-state index in [-0.39, 0.29) is 32.0 Å². The summed E-state index contributed by atoms with van der Waals surface area (Å²) in [7, 11) is 0. The van der Waals surface area contributed by atoms with Crippen LogP contribution in [0.1, 0.15) is 65.2 Å². The summed E-state index contributed by atoms with van der Waals surface area (Å²) in [5.74, 6) is 1.20. The summed E-state index contributed by atoms with van der Waals surface area (Å²) >= 11 is 0. The number of halogens is 6. The number of hydrogen-bond donors (Lipinski definition) is 0. The van der Waals surface area contributed by atoms with Gasteiger partial charge in [0.05, 0.1) is 0 Å². The zero-order chi connectivity index (χ0) is 18.4. The number of hydrogen-bond acceptors (Lipinski definition) is 1. The van der Waals surface area contributed by atoms with Gasteiger partial charge in [-0.05, 0) is 63.5 Å². The van der Waals surface area contributed by atoms with Gasteiger partial charge < -0.3 is 4.90 Å². The minimum Gasteiger partial charge on any atom is -0.300 e. The van der Waals surface area contributed by atoms with Crippen molar-refractivity contribution in [1.29, 1.82) is 0 Å². The van der Waals surface area contributed by atoms with Crippen LogP contribution in [0.2, 0.25) is 0 Å². The first kappa shape index (κ1) is 21.6. The van der Waals surface area contributed by atoms with Crippen molar-refractivity contribution in [2.45, 2.75) is 83.6 Å². The van der Waals surface area contributed by atoms with Crippen LogP contribution in [0.4, 0.5) is 26.3 Å². The van der Waals surface area contributed by atoms with E-state index in [1.165, 1.54) is 0 Å². The Labute approximate surface area is 140 Å². The lowest BCUT2D eigenvalue weighted by Crippen LogP contribution is -2.40. The Kier molecular flexibility index (Phi) is 8.36. The molecule has 1 aliphatic carbocycles. The summed E-state index contributed by atoms with van der Waals surface area (Å²) in [4.78, 5) is 1.87. The van der Waals surface area contributed by atoms with Crippen LogP contribution in [0.5, 0.6) is 0 Å². The van der Waals surface area contributed by atoms with Crippen LogP contribution in [0.15, 0.2) is 0 Å². The molecule has 0 aromatic rings. The Morgan fingerprint density at radius 3 is 1.54 bits per heavy atom. The van der Waals surface area contributed by atoms with Gasteiger partial charge in [0, 0.05) is 18.9 Å². The maximum atomic E-state index is 12.3. The van der Waals surface area contributed by atoms with E-state index in [4.69, 9.17) is 0 Å². The van der Waals surface area contributed by atoms with Gasteiger partial charge in [-0.2, -0.15) is 26.3 Å². The SMILES string of the molecule is CC(C)C1CCC(N(CCCC(F)(F)F)CCCC(F)(F)F)CC1. The van der Waals surface area contributed by atoms with Gasteiger partial charge in [0.25, 0.3) is 0 Å². The summed E-state index contributed by atoms with van der Waals surface area (Å²) < 4.78 is 74.0. The second-order valence-corrected chi connectivity index (χ2v) is 7.29. The second-order valence-electron chi connectivity index (χ2n) is 7.29. The van der Waals surface area contributed by atoms with Crippen LogP contribution in [0.3, 0.4) is 0 Å². The van der Waals surface area contributed by atoms with Crippen molar-refractivity contribution in [1.82, 2.24) is 4.90 Å². The minimum atomic E-state index is -4.20. The zero-order valence-corrected chi connectivity index (χ0v) is 14.5. The third kappa shape index (κ3) is 9.14. The van der Waals surface area contributed by atoms with E-state index < -0.39 is 25.2 Å². The quantitative estimate of drug-likeness (QED) is 0.466. The van der Waals surface area contributed by atoms with Crippen molar-refractivity contribution in [3.8, 4) is 0 Å². The molecule has 0 spiro atoms. The fourth-order valence-electron chi connectivity index (χ4n) is 3.58. The highest BCUT2D eigenvalue weighted by Crippen LogP contribution is 2.33. The van der Waals surface area contributed by atoms with Gasteiger partial charge in [-0.15, -0.1) is 0 Å². The smallest absolute Gasteiger partial charge is 0.300 e. The van der Waals surface area contributed by atoms with Crippen molar-refractivity contribution in [2.75, 3.05) is 13.1 Å². The number of alkyl halides is 6. The highest BCUT2D eigenvalue weighted by atomic mass is 19.4. The van der Waals surface area contributed by atoms with Crippen molar-refractivity contribution < 1.29 is 26.3 Å². The molecular weight excluding hydrogens is 332 g/mol. The van der Waals surface area contributed by atoms with Crippen molar-refractivity contribution in [2.24, 2.45) is 11.8 Å². The third-order valence-electron chi connectivity index (χ3n) is 5.01. The average molecular weight is 361 g/mol. The molecule has 1 aliphatic rings. The topological polar surface area (TPSA) is 3.24 Å². The normalized spacial score (nSPS) is 23.2. The van der Waals surface area contributed by atoms with Crippen LogP contribution in [-0.2, 0) is 0 Å². The van der Waals surface area contributed by atoms with Crippen LogP contribution >= 0.6 is 0 Å². The van der Waals surface area contributed by atoms with Crippen LogP contribution < -0.4 is 0 Å². The molecule has 0 aromatic carbocycles. The van der Waals surface area contributed by atoms with Gasteiger partial charge in [-0.1, -0.05) is 13.8 Å². The Hall–Kier alpha value is -0.460. The Balaban J connectivity index is 2.50. The maximum Gasteiger partial charge on any atom is 0.389 e. The highest BCUT2D eigenvalue weighted by Gasteiger charge is 2.31. The molecule has 1 rings (SSSR count). The number of rotatable bonds is 8. The molecule has 7 heteroatoms. The van der Waals surface area contributed by atoms with Gasteiger partial charge in [0.15, 0.2) is 0 Å². The van der Waals surface area contributed by atoms with Crippen LogP contribution in [-0.4, -0.2) is 36.4 Å². The second kappa shape index (κ2) is 9.30. The van der Waals surface area contributed by atoms with E-state index in [9.17, 15) is 26.3 Å². The highest BCUT2D eigenvalue weighted by molar-refractivity contribution is 4.81. The van der Waals surface area contributed by atoms with E-state index in [1.54, 1.807) is 0 Å². The largest absolute Gasteiger partial charge is 0.389 e. The fraction of sp³-hybridized carbons (Fsp3) is 1.00. The summed E-state index contributed by atoms with van der Waals surface area (Å²) in [6.07, 6.45) is -6.45. The fourth-order valence-corrected chi connectivity index (χ4v) is 3.58. The van der Waals surface area contributed by atoms with Crippen molar-refractivity contribution in [3.05, 3.63) is 0 Å². The summed E-state index contributed by atoms with van der Waals surface area (Å²) in [6, 6.07) is 0.126. The van der Waals surface area contributed by atoms with Crippen LogP contribution in [0, 0.1) is 11.8 Å². The van der Waals surface area contributed by atoms with Crippen molar-refractivity contribution >= 4 is 0 Å². The van der Waals surface area contributed by atoms with Gasteiger partial charge in [-0.25, -0.2) is 0 Å². The molecule has 0 bridgehead atoms. The molecule has 0 N–H and O–H groups in total. The maximum absolute atomic E-state index is 12.3. The molecule has 1 fully saturated rings. The monoisotopic (exact) mass is 361 g/mol. The summed E-state index contributed by atoms with van der Waals surface area (Å²) in [5.41, 5.74) is 0. The van der Waals surface area contributed by atoms with Gasteiger partial charge in [0.1, 0.15) is 0 Å². The lowest BCUT2D eigenvalue weighted by molar-refractivity contribution is -0.137. The predicted molar refractivity (Wildman–Crippen MR) is 82.7 cm³/mol. The Morgan fingerprint density at radius 2 is 1.21 bits per heavy atom. The van der Waals surface area contributed by atoms with E-state index in [0.29, 0.717) is 11.8 Å². The molecule has 1 nitrogen and oxygen atoms in total. The molecule has 0 radical (unpaired) electrons. The van der Waals surface area contributed by atoms with E-state index in [1.807, 2.05) is 4.90 Å². The molecule has 0 amide bonds. The first-order valence-electron chi connectivity index (χ1n) is 8.85. The molecule has 1 saturated carbocycles. The van der Waals surface area contributed by atoms with Gasteiger partial charge in [-0.3, -0.25) is 0 Å². The number of nitrogens with zero attached hydrogens (tertiary/aromatic N) is 1. The molecule has 0 heterocycles. The molecule has 24 heavy (non-hydrogen) atoms. The Morgan fingerprint density at radius 1 is 0.792 bits per heavy atom. The molecular formula is C17H29F6N. The average Bonchev–Trinajstić information content (AvgIpc) is 2.43. The van der Waals surface area contributed by atoms with E-state index in [0.717, 1.165) is 25.7 Å². The molecule has 144 valence electrons. The molecule has 0 atom stereocenters. The lowest BCUT2D eigenvalue weighted by Gasteiger charge is -2.38. The molecule has 0 saturated heterocycles. The van der Waals surface area contributed by atoms with Gasteiger partial charge in [0.2, 0.25) is 0 Å². The van der Waals surface area contributed by atoms with Gasteiger partial charge >= 0.3 is 12.4 Å². The van der Waals surface area contributed by atoms with Crippen molar-refractivity contribution in [3.63, 3.8) is 0 Å². The van der Waals surface area contributed by atoms with E-state index in [2.05, 4.69) is 13.8 Å². The first-order valence-corrected chi connectivity index (χ1v) is 8.85. The first-order chi connectivity index (χ1) is 11.0. The third-order valence-corrected chi connectivity index (χ3v) is 5.01. The summed E-state index contributed by atoms with van der Waals surface area (Å²) in [5, 5.41) is 0. The van der Waals surface area contributed by atoms with E-state index >= 15 is 0 Å². The summed E-state index contributed by atoms with van der Waals surface area (Å²) in [6.45, 7) is 4.79. The molecule has 0 aromatic heterocycles. The standard InChI is InChI=1S/C17H29F6N/c1-13(2)14-5-7-15(8-6-14)24(11-3-9-16(18,19)20)12-4-10-17(21,22)23/h13-15H,3-12H2,1-2H3. The zero-order valence-electron chi connectivity index (χ0n) is 14.5. The van der Waals surface area contributed by atoms with Crippen LogP contribution in [0.25, 0.3) is 0 Å². The predicted octanol–water partition coefficient (Wildman–Crippen LogP) is 6.19. The minimum absolute atomic E-state index is 0.0420. The lowest BCUT2D eigenvalue weighted by atomic mass is 9.79. The molecule has 0 aliphatic heterocycles.